The second kappa shape index (κ2) is 6.60. The Morgan fingerprint density at radius 2 is 1.96 bits per heavy atom. The van der Waals surface area contributed by atoms with Crippen molar-refractivity contribution in [2.75, 3.05) is 11.0 Å². The minimum absolute atomic E-state index is 0.0912. The Morgan fingerprint density at radius 1 is 1.25 bits per heavy atom. The van der Waals surface area contributed by atoms with Crippen LogP contribution in [0.4, 0.5) is 5.69 Å². The van der Waals surface area contributed by atoms with E-state index in [9.17, 15) is 13.2 Å². The van der Waals surface area contributed by atoms with Gasteiger partial charge in [0.2, 0.25) is 10.0 Å². The lowest BCUT2D eigenvalue weighted by molar-refractivity contribution is 0.0730. The second-order valence-corrected chi connectivity index (χ2v) is 7.72. The molecule has 1 fully saturated rings. The van der Waals surface area contributed by atoms with E-state index in [1.807, 2.05) is 17.0 Å². The van der Waals surface area contributed by atoms with Crippen molar-refractivity contribution >= 4 is 21.6 Å². The maximum atomic E-state index is 12.9. The van der Waals surface area contributed by atoms with Crippen molar-refractivity contribution in [1.29, 1.82) is 0 Å². The molecule has 0 aliphatic heterocycles. The Balaban J connectivity index is 1.81. The number of nitrogens with zero attached hydrogens (tertiary/aromatic N) is 2. The van der Waals surface area contributed by atoms with Gasteiger partial charge in [0.05, 0.1) is 6.26 Å². The number of sulfonamides is 1. The number of hydrogen-bond acceptors (Lipinski definition) is 4. The van der Waals surface area contributed by atoms with Crippen molar-refractivity contribution in [3.8, 4) is 0 Å². The van der Waals surface area contributed by atoms with Crippen molar-refractivity contribution in [1.82, 2.24) is 9.88 Å². The predicted molar refractivity (Wildman–Crippen MR) is 92.0 cm³/mol. The monoisotopic (exact) mass is 345 g/mol. The van der Waals surface area contributed by atoms with Crippen molar-refractivity contribution < 1.29 is 13.2 Å². The molecule has 1 amide bonds. The number of carbonyl (C=O) groups excluding carboxylic acids is 1. The minimum atomic E-state index is -3.37. The Bertz CT molecular complexity index is 833. The van der Waals surface area contributed by atoms with Crippen LogP contribution in [0.1, 0.15) is 28.8 Å². The molecule has 0 radical (unpaired) electrons. The van der Waals surface area contributed by atoms with E-state index in [1.165, 1.54) is 0 Å². The highest BCUT2D eigenvalue weighted by atomic mass is 32.2. The van der Waals surface area contributed by atoms with E-state index in [-0.39, 0.29) is 11.9 Å². The van der Waals surface area contributed by atoms with E-state index in [1.54, 1.807) is 36.7 Å². The summed E-state index contributed by atoms with van der Waals surface area (Å²) in [7, 11) is -3.37. The van der Waals surface area contributed by atoms with Gasteiger partial charge in [-0.2, -0.15) is 0 Å². The molecule has 0 spiro atoms. The standard InChI is InChI=1S/C17H19N3O3S/c1-24(22,23)19-15-4-2-3-14(11-15)17(21)20(16-5-6-16)12-13-7-9-18-10-8-13/h2-4,7-11,16,19H,5-6,12H2,1H3. The van der Waals surface area contributed by atoms with Crippen molar-refractivity contribution in [2.45, 2.75) is 25.4 Å². The molecule has 1 aromatic heterocycles. The lowest BCUT2D eigenvalue weighted by Gasteiger charge is -2.23. The number of amides is 1. The van der Waals surface area contributed by atoms with Gasteiger partial charge in [-0.15, -0.1) is 0 Å². The van der Waals surface area contributed by atoms with Gasteiger partial charge in [0.25, 0.3) is 5.91 Å². The first-order valence-corrected chi connectivity index (χ1v) is 9.59. The third-order valence-electron chi connectivity index (χ3n) is 3.76. The van der Waals surface area contributed by atoms with Crippen LogP contribution in [0.2, 0.25) is 0 Å². The number of aromatic nitrogens is 1. The lowest BCUT2D eigenvalue weighted by atomic mass is 10.1. The maximum absolute atomic E-state index is 12.9. The lowest BCUT2D eigenvalue weighted by Crippen LogP contribution is -2.32. The van der Waals surface area contributed by atoms with Gasteiger partial charge in [-0.25, -0.2) is 8.42 Å². The first-order valence-electron chi connectivity index (χ1n) is 7.70. The van der Waals surface area contributed by atoms with Crippen LogP contribution in [-0.4, -0.2) is 36.5 Å². The number of carbonyl (C=O) groups is 1. The molecular formula is C17H19N3O3S. The van der Waals surface area contributed by atoms with Crippen LogP contribution < -0.4 is 4.72 Å². The SMILES string of the molecule is CS(=O)(=O)Nc1cccc(C(=O)N(Cc2ccncc2)C2CC2)c1. The van der Waals surface area contributed by atoms with Gasteiger partial charge in [0.15, 0.2) is 0 Å². The Kier molecular flexibility index (Phi) is 4.53. The highest BCUT2D eigenvalue weighted by molar-refractivity contribution is 7.92. The van der Waals surface area contributed by atoms with E-state index in [0.717, 1.165) is 24.7 Å². The molecule has 3 rings (SSSR count). The normalized spacial score (nSPS) is 14.2. The van der Waals surface area contributed by atoms with Crippen LogP contribution in [0.3, 0.4) is 0 Å². The van der Waals surface area contributed by atoms with E-state index in [4.69, 9.17) is 0 Å². The van der Waals surface area contributed by atoms with E-state index in [2.05, 4.69) is 9.71 Å². The molecule has 0 saturated heterocycles. The molecule has 0 atom stereocenters. The van der Waals surface area contributed by atoms with Crippen LogP contribution in [0.15, 0.2) is 48.8 Å². The number of nitrogens with one attached hydrogen (secondary N) is 1. The topological polar surface area (TPSA) is 79.4 Å². The number of anilines is 1. The number of benzene rings is 1. The molecule has 0 bridgehead atoms. The summed E-state index contributed by atoms with van der Waals surface area (Å²) in [6.45, 7) is 0.524. The average molecular weight is 345 g/mol. The molecule has 24 heavy (non-hydrogen) atoms. The minimum Gasteiger partial charge on any atom is -0.331 e. The molecule has 7 heteroatoms. The predicted octanol–water partition coefficient (Wildman–Crippen LogP) is 2.26. The summed E-state index contributed by atoms with van der Waals surface area (Å²) in [5.74, 6) is -0.0912. The van der Waals surface area contributed by atoms with Crippen LogP contribution in [0.25, 0.3) is 0 Å². The van der Waals surface area contributed by atoms with Gasteiger partial charge >= 0.3 is 0 Å². The summed E-state index contributed by atoms with van der Waals surface area (Å²) in [5.41, 5.74) is 1.89. The number of hydrogen-bond donors (Lipinski definition) is 1. The van der Waals surface area contributed by atoms with Crippen LogP contribution in [0.5, 0.6) is 0 Å². The molecule has 0 unspecified atom stereocenters. The van der Waals surface area contributed by atoms with E-state index >= 15 is 0 Å². The van der Waals surface area contributed by atoms with Crippen LogP contribution in [-0.2, 0) is 16.6 Å². The summed E-state index contributed by atoms with van der Waals surface area (Å²) in [6.07, 6.45) is 6.50. The molecule has 126 valence electrons. The third-order valence-corrected chi connectivity index (χ3v) is 4.37. The van der Waals surface area contributed by atoms with Gasteiger partial charge in [-0.1, -0.05) is 6.07 Å². The van der Waals surface area contributed by atoms with Gasteiger partial charge in [0.1, 0.15) is 0 Å². The molecule has 1 heterocycles. The molecule has 1 aliphatic rings. The zero-order valence-corrected chi connectivity index (χ0v) is 14.2. The summed E-state index contributed by atoms with van der Waals surface area (Å²) >= 11 is 0. The zero-order valence-electron chi connectivity index (χ0n) is 13.3. The first-order chi connectivity index (χ1) is 11.4. The largest absolute Gasteiger partial charge is 0.331 e. The van der Waals surface area contributed by atoms with Crippen LogP contribution in [0, 0.1) is 0 Å². The van der Waals surface area contributed by atoms with Gasteiger partial charge < -0.3 is 4.90 Å². The van der Waals surface area contributed by atoms with Gasteiger partial charge in [-0.05, 0) is 48.7 Å². The Labute approximate surface area is 141 Å². The molecule has 1 saturated carbocycles. The molecular weight excluding hydrogens is 326 g/mol. The maximum Gasteiger partial charge on any atom is 0.254 e. The summed E-state index contributed by atoms with van der Waals surface area (Å²) in [6, 6.07) is 10.6. The highest BCUT2D eigenvalue weighted by Gasteiger charge is 2.33. The summed E-state index contributed by atoms with van der Waals surface area (Å²) in [4.78, 5) is 18.7. The Morgan fingerprint density at radius 3 is 2.58 bits per heavy atom. The van der Waals surface area contributed by atoms with Crippen LogP contribution >= 0.6 is 0 Å². The summed E-state index contributed by atoms with van der Waals surface area (Å²) < 4.78 is 25.1. The van der Waals surface area contributed by atoms with E-state index in [0.29, 0.717) is 17.8 Å². The average Bonchev–Trinajstić information content (AvgIpc) is 3.36. The molecule has 1 aromatic carbocycles. The Hall–Kier alpha value is -2.41. The molecule has 6 nitrogen and oxygen atoms in total. The third kappa shape index (κ3) is 4.32. The fraction of sp³-hybridized carbons (Fsp3) is 0.294. The van der Waals surface area contributed by atoms with Crippen molar-refractivity contribution in [3.05, 3.63) is 59.9 Å². The van der Waals surface area contributed by atoms with Crippen molar-refractivity contribution in [2.24, 2.45) is 0 Å². The molecule has 2 aromatic rings. The highest BCUT2D eigenvalue weighted by Crippen LogP contribution is 2.30. The smallest absolute Gasteiger partial charge is 0.254 e. The van der Waals surface area contributed by atoms with Crippen molar-refractivity contribution in [3.63, 3.8) is 0 Å². The second-order valence-electron chi connectivity index (χ2n) is 5.97. The fourth-order valence-corrected chi connectivity index (χ4v) is 3.09. The van der Waals surface area contributed by atoms with Gasteiger partial charge in [-0.3, -0.25) is 14.5 Å². The molecule has 1 N–H and O–H groups in total. The van der Waals surface area contributed by atoms with Gasteiger partial charge in [0, 0.05) is 36.2 Å². The molecule has 1 aliphatic carbocycles. The number of rotatable bonds is 6. The fourth-order valence-electron chi connectivity index (χ4n) is 2.53. The summed E-state index contributed by atoms with van der Waals surface area (Å²) in [5, 5.41) is 0. The quantitative estimate of drug-likeness (QED) is 0.871. The van der Waals surface area contributed by atoms with E-state index < -0.39 is 10.0 Å². The first kappa shape index (κ1) is 16.4. The number of pyridine rings is 1. The zero-order chi connectivity index (χ0) is 17.2.